The summed E-state index contributed by atoms with van der Waals surface area (Å²) in [7, 11) is 0. The molecule has 0 radical (unpaired) electrons. The molecule has 3 heteroatoms. The Morgan fingerprint density at radius 2 is 1.86 bits per heavy atom. The van der Waals surface area contributed by atoms with Crippen LogP contribution in [0, 0.1) is 0 Å². The Bertz CT molecular complexity index is 489. The van der Waals surface area contributed by atoms with Crippen molar-refractivity contribution < 1.29 is 5.11 Å². The van der Waals surface area contributed by atoms with Crippen molar-refractivity contribution in [3.63, 3.8) is 0 Å². The molecule has 0 aliphatic rings. The van der Waals surface area contributed by atoms with Gasteiger partial charge in [0.2, 0.25) is 5.43 Å². The molecule has 2 rings (SSSR count). The van der Waals surface area contributed by atoms with Gasteiger partial charge in [0.1, 0.15) is 0 Å². The maximum Gasteiger partial charge on any atom is 0.220 e. The molecule has 2 aromatic rings. The second-order valence-electron chi connectivity index (χ2n) is 2.85. The van der Waals surface area contributed by atoms with Crippen LogP contribution in [0.1, 0.15) is 0 Å². The highest BCUT2D eigenvalue weighted by molar-refractivity contribution is 7.13. The van der Waals surface area contributed by atoms with Gasteiger partial charge in [-0.05, 0) is 41.3 Å². The van der Waals surface area contributed by atoms with Crippen LogP contribution < -0.4 is 5.43 Å². The van der Waals surface area contributed by atoms with E-state index in [0.717, 1.165) is 10.4 Å². The Balaban J connectivity index is 2.59. The first-order chi connectivity index (χ1) is 6.77. The van der Waals surface area contributed by atoms with Gasteiger partial charge in [-0.3, -0.25) is 4.79 Å². The lowest BCUT2D eigenvalue weighted by Gasteiger charge is -1.89. The Morgan fingerprint density at radius 1 is 1.07 bits per heavy atom. The minimum absolute atomic E-state index is 0.215. The van der Waals surface area contributed by atoms with Crippen molar-refractivity contribution in [2.75, 3.05) is 0 Å². The summed E-state index contributed by atoms with van der Waals surface area (Å²) >= 11 is 1.60. The number of rotatable bonds is 1. The standard InChI is InChI=1S/C11H8O2S/c12-9-5-3-8(4-6-10(9)13)11-2-1-7-14-11/h1-7H,(H,12,13). The summed E-state index contributed by atoms with van der Waals surface area (Å²) in [6.07, 6.45) is 0. The fraction of sp³-hybridized carbons (Fsp3) is 0. The molecule has 14 heavy (non-hydrogen) atoms. The van der Waals surface area contributed by atoms with E-state index in [1.807, 2.05) is 17.5 Å². The summed E-state index contributed by atoms with van der Waals surface area (Å²) in [6, 6.07) is 10.2. The monoisotopic (exact) mass is 204 g/mol. The second kappa shape index (κ2) is 3.64. The van der Waals surface area contributed by atoms with Crippen molar-refractivity contribution >= 4 is 11.3 Å². The molecule has 1 N–H and O–H groups in total. The van der Waals surface area contributed by atoms with Crippen molar-refractivity contribution in [2.45, 2.75) is 0 Å². The number of hydrogen-bond acceptors (Lipinski definition) is 3. The zero-order chi connectivity index (χ0) is 9.97. The van der Waals surface area contributed by atoms with Gasteiger partial charge in [0.15, 0.2) is 5.75 Å². The van der Waals surface area contributed by atoms with Crippen molar-refractivity contribution in [3.8, 4) is 16.2 Å². The molecule has 0 bridgehead atoms. The Labute approximate surface area is 85.1 Å². The molecule has 2 nitrogen and oxygen atoms in total. The van der Waals surface area contributed by atoms with E-state index in [4.69, 9.17) is 0 Å². The van der Waals surface area contributed by atoms with Crippen LogP contribution in [0.25, 0.3) is 10.4 Å². The van der Waals surface area contributed by atoms with Crippen molar-refractivity contribution in [1.82, 2.24) is 0 Å². The van der Waals surface area contributed by atoms with Gasteiger partial charge in [0.05, 0.1) is 0 Å². The molecule has 0 spiro atoms. The third kappa shape index (κ3) is 1.67. The van der Waals surface area contributed by atoms with Gasteiger partial charge < -0.3 is 5.11 Å². The fourth-order valence-electron chi connectivity index (χ4n) is 1.16. The number of aromatic hydroxyl groups is 1. The Morgan fingerprint density at radius 3 is 2.57 bits per heavy atom. The summed E-state index contributed by atoms with van der Waals surface area (Å²) in [5, 5.41) is 11.2. The average molecular weight is 204 g/mol. The van der Waals surface area contributed by atoms with Crippen LogP contribution in [-0.4, -0.2) is 5.11 Å². The molecular weight excluding hydrogens is 196 g/mol. The molecule has 1 aromatic carbocycles. The molecular formula is C11H8O2S. The van der Waals surface area contributed by atoms with E-state index < -0.39 is 0 Å². The fourth-order valence-corrected chi connectivity index (χ4v) is 1.90. The van der Waals surface area contributed by atoms with Crippen LogP contribution in [-0.2, 0) is 0 Å². The molecule has 0 atom stereocenters. The minimum atomic E-state index is -0.354. The first-order valence-electron chi connectivity index (χ1n) is 4.14. The molecule has 0 fully saturated rings. The van der Waals surface area contributed by atoms with E-state index in [1.165, 1.54) is 12.1 Å². The normalized spacial score (nSPS) is 10.0. The quantitative estimate of drug-likeness (QED) is 0.774. The van der Waals surface area contributed by atoms with E-state index in [9.17, 15) is 9.90 Å². The SMILES string of the molecule is O=c1ccc(-c2cccs2)ccc1O. The van der Waals surface area contributed by atoms with Crippen molar-refractivity contribution in [3.05, 3.63) is 52.0 Å². The van der Waals surface area contributed by atoms with Gasteiger partial charge in [0.25, 0.3) is 0 Å². The number of hydrogen-bond donors (Lipinski definition) is 1. The first-order valence-corrected chi connectivity index (χ1v) is 5.02. The van der Waals surface area contributed by atoms with E-state index >= 15 is 0 Å². The van der Waals surface area contributed by atoms with E-state index in [-0.39, 0.29) is 11.2 Å². The first kappa shape index (κ1) is 8.97. The van der Waals surface area contributed by atoms with Gasteiger partial charge in [-0.1, -0.05) is 6.07 Å². The molecule has 0 saturated carbocycles. The highest BCUT2D eigenvalue weighted by atomic mass is 32.1. The Kier molecular flexibility index (Phi) is 2.33. The molecule has 1 aromatic heterocycles. The maximum atomic E-state index is 11.1. The summed E-state index contributed by atoms with van der Waals surface area (Å²) in [4.78, 5) is 12.2. The van der Waals surface area contributed by atoms with Crippen LogP contribution in [0.15, 0.2) is 46.6 Å². The van der Waals surface area contributed by atoms with Gasteiger partial charge in [-0.15, -0.1) is 11.3 Å². The molecule has 1 heterocycles. The largest absolute Gasteiger partial charge is 0.504 e. The number of thiophene rings is 1. The molecule has 70 valence electrons. The summed E-state index contributed by atoms with van der Waals surface area (Å²) < 4.78 is 0. The van der Waals surface area contributed by atoms with Gasteiger partial charge in [-0.25, -0.2) is 0 Å². The summed E-state index contributed by atoms with van der Waals surface area (Å²) in [6.45, 7) is 0. The molecule has 0 unspecified atom stereocenters. The molecule has 0 aliphatic heterocycles. The van der Waals surface area contributed by atoms with Crippen LogP contribution in [0.4, 0.5) is 0 Å². The predicted molar refractivity (Wildman–Crippen MR) is 57.7 cm³/mol. The third-order valence-corrected chi connectivity index (χ3v) is 2.81. The lowest BCUT2D eigenvalue weighted by atomic mass is 10.2. The summed E-state index contributed by atoms with van der Waals surface area (Å²) in [5.74, 6) is -0.215. The van der Waals surface area contributed by atoms with Gasteiger partial charge >= 0.3 is 0 Å². The van der Waals surface area contributed by atoms with Crippen LogP contribution in [0.3, 0.4) is 0 Å². The smallest absolute Gasteiger partial charge is 0.220 e. The molecule has 0 aliphatic carbocycles. The van der Waals surface area contributed by atoms with E-state index in [1.54, 1.807) is 23.5 Å². The predicted octanol–water partition coefficient (Wildman–Crippen LogP) is 2.48. The topological polar surface area (TPSA) is 37.3 Å². The average Bonchev–Trinajstić information content (AvgIpc) is 2.65. The Hall–Kier alpha value is -1.61. The molecule has 0 amide bonds. The lowest BCUT2D eigenvalue weighted by Crippen LogP contribution is -1.91. The van der Waals surface area contributed by atoms with Crippen LogP contribution >= 0.6 is 11.3 Å². The van der Waals surface area contributed by atoms with E-state index in [0.29, 0.717) is 0 Å². The highest BCUT2D eigenvalue weighted by Crippen LogP contribution is 2.23. The van der Waals surface area contributed by atoms with Gasteiger partial charge in [0, 0.05) is 4.88 Å². The second-order valence-corrected chi connectivity index (χ2v) is 3.80. The van der Waals surface area contributed by atoms with Crippen molar-refractivity contribution in [1.29, 1.82) is 0 Å². The third-order valence-electron chi connectivity index (χ3n) is 1.89. The highest BCUT2D eigenvalue weighted by Gasteiger charge is 1.98. The maximum absolute atomic E-state index is 11.1. The van der Waals surface area contributed by atoms with Crippen molar-refractivity contribution in [2.24, 2.45) is 0 Å². The summed E-state index contributed by atoms with van der Waals surface area (Å²) in [5.41, 5.74) is 0.588. The van der Waals surface area contributed by atoms with Crippen LogP contribution in [0.2, 0.25) is 0 Å². The van der Waals surface area contributed by atoms with E-state index in [2.05, 4.69) is 0 Å². The zero-order valence-electron chi connectivity index (χ0n) is 7.31. The lowest BCUT2D eigenvalue weighted by molar-refractivity contribution is 0.471. The van der Waals surface area contributed by atoms with Crippen LogP contribution in [0.5, 0.6) is 5.75 Å². The molecule has 0 saturated heterocycles. The minimum Gasteiger partial charge on any atom is -0.504 e. The van der Waals surface area contributed by atoms with Gasteiger partial charge in [-0.2, -0.15) is 0 Å². The zero-order valence-corrected chi connectivity index (χ0v) is 8.12.